The molecule has 3 N–H and O–H groups in total. The molecule has 7 nitrogen and oxygen atoms in total. The average molecular weight is 504 g/mol. The number of allylic oxidation sites excluding steroid dienone is 2. The van der Waals surface area contributed by atoms with E-state index in [4.69, 9.17) is 0 Å². The van der Waals surface area contributed by atoms with Gasteiger partial charge in [-0.15, -0.1) is 0 Å². The fourth-order valence-electron chi connectivity index (χ4n) is 4.68. The minimum atomic E-state index is -1.18. The minimum Gasteiger partial charge on any atom is -0.347 e. The maximum absolute atomic E-state index is 14.1. The van der Waals surface area contributed by atoms with Crippen molar-refractivity contribution in [3.8, 4) is 0 Å². The predicted octanol–water partition coefficient (Wildman–Crippen LogP) is 5.25. The Balaban J connectivity index is 3.87. The molecule has 0 aromatic heterocycles. The number of carbonyl (C=O) groups is 4. The van der Waals surface area contributed by atoms with Crippen LogP contribution in [-0.4, -0.2) is 41.6 Å². The Morgan fingerprint density at radius 3 is 1.86 bits per heavy atom. The summed E-state index contributed by atoms with van der Waals surface area (Å²) in [5, 5.41) is 8.31. The number of urea groups is 1. The lowest BCUT2D eigenvalue weighted by Crippen LogP contribution is -2.56. The van der Waals surface area contributed by atoms with E-state index in [1.807, 2.05) is 41.5 Å². The van der Waals surface area contributed by atoms with Gasteiger partial charge in [0, 0.05) is 19.9 Å². The van der Waals surface area contributed by atoms with Crippen LogP contribution in [0.1, 0.15) is 103 Å². The zero-order valence-electron chi connectivity index (χ0n) is 25.0. The zero-order valence-corrected chi connectivity index (χ0v) is 25.0. The van der Waals surface area contributed by atoms with Crippen molar-refractivity contribution in [3.05, 3.63) is 22.3 Å². The van der Waals surface area contributed by atoms with Gasteiger partial charge in [0.2, 0.25) is 5.91 Å². The van der Waals surface area contributed by atoms with Crippen LogP contribution in [0.3, 0.4) is 0 Å². The smallest absolute Gasteiger partial charge is 0.315 e. The first-order chi connectivity index (χ1) is 16.0. The number of carbonyl (C=O) groups excluding carboxylic acids is 4. The van der Waals surface area contributed by atoms with Gasteiger partial charge in [-0.1, -0.05) is 38.8 Å². The van der Waals surface area contributed by atoms with Crippen molar-refractivity contribution in [2.24, 2.45) is 16.2 Å². The molecule has 0 radical (unpaired) electrons. The molecule has 1 aliphatic rings. The SMILES string of the molecule is CNC(=O)NC(C)(C)C(=O)C[C@]1(C)C(=O)NC(C)(C)/C(C)=C(\C)C(=O)CC(C)(C)C(C)(C)C(C)=C1C. The molecule has 1 atom stereocenters. The molecule has 0 spiro atoms. The summed E-state index contributed by atoms with van der Waals surface area (Å²) in [5.41, 5.74) is -0.804. The Morgan fingerprint density at radius 2 is 1.39 bits per heavy atom. The van der Waals surface area contributed by atoms with Crippen LogP contribution in [-0.2, 0) is 14.4 Å². The summed E-state index contributed by atoms with van der Waals surface area (Å²) in [4.78, 5) is 52.9. The standard InChI is InChI=1S/C29H49N3O4/c1-17-18(2)27(9,10)31-23(35)29(13,16-22(34)28(11,12)32-24(36)30-14)20(4)19(3)26(7,8)25(5,6)15-21(17)33/h15-16H2,1-14H3,(H,31,35)(H2,30,32,36)/b18-17+,20-19?/t29-/m0/s1. The topological polar surface area (TPSA) is 104 Å². The second-order valence-corrected chi connectivity index (χ2v) is 12.9. The Bertz CT molecular complexity index is 1010. The summed E-state index contributed by atoms with van der Waals surface area (Å²) in [7, 11) is 1.49. The summed E-state index contributed by atoms with van der Waals surface area (Å²) in [6, 6.07) is -0.463. The number of ketones is 2. The number of Topliss-reactive ketones (excluding diaryl/α,β-unsaturated/α-hetero) is 2. The van der Waals surface area contributed by atoms with Crippen LogP contribution >= 0.6 is 0 Å². The molecule has 1 heterocycles. The Hall–Kier alpha value is -2.44. The van der Waals surface area contributed by atoms with E-state index in [0.29, 0.717) is 12.0 Å². The Morgan fingerprint density at radius 1 is 0.889 bits per heavy atom. The molecule has 0 bridgehead atoms. The third-order valence-electron chi connectivity index (χ3n) is 9.33. The largest absolute Gasteiger partial charge is 0.347 e. The van der Waals surface area contributed by atoms with Crippen LogP contribution in [0.2, 0.25) is 0 Å². The quantitative estimate of drug-likeness (QED) is 0.456. The lowest BCUT2D eigenvalue weighted by molar-refractivity contribution is -0.135. The van der Waals surface area contributed by atoms with Crippen LogP contribution in [0.15, 0.2) is 22.3 Å². The first-order valence-corrected chi connectivity index (χ1v) is 12.7. The van der Waals surface area contributed by atoms with Crippen molar-refractivity contribution in [1.82, 2.24) is 16.0 Å². The Kier molecular flexibility index (Phi) is 8.90. The van der Waals surface area contributed by atoms with E-state index in [1.165, 1.54) is 7.05 Å². The fraction of sp³-hybridized carbons (Fsp3) is 0.724. The van der Waals surface area contributed by atoms with Gasteiger partial charge in [-0.25, -0.2) is 4.79 Å². The molecule has 204 valence electrons. The number of hydrogen-bond acceptors (Lipinski definition) is 4. The van der Waals surface area contributed by atoms with E-state index in [-0.39, 0.29) is 23.9 Å². The van der Waals surface area contributed by atoms with Crippen LogP contribution in [0, 0.1) is 16.2 Å². The first kappa shape index (κ1) is 31.6. The second-order valence-electron chi connectivity index (χ2n) is 12.9. The molecule has 0 fully saturated rings. The van der Waals surface area contributed by atoms with Crippen molar-refractivity contribution in [2.75, 3.05) is 7.05 Å². The highest BCUT2D eigenvalue weighted by Crippen LogP contribution is 2.51. The van der Waals surface area contributed by atoms with Crippen LogP contribution in [0.5, 0.6) is 0 Å². The van der Waals surface area contributed by atoms with E-state index < -0.39 is 33.4 Å². The minimum absolute atomic E-state index is 0.0684. The lowest BCUT2D eigenvalue weighted by Gasteiger charge is -2.46. The summed E-state index contributed by atoms with van der Waals surface area (Å²) in [6.45, 7) is 24.8. The number of rotatable bonds is 4. The van der Waals surface area contributed by atoms with Crippen molar-refractivity contribution < 1.29 is 19.2 Å². The maximum atomic E-state index is 14.1. The molecule has 7 heteroatoms. The van der Waals surface area contributed by atoms with Gasteiger partial charge >= 0.3 is 6.03 Å². The van der Waals surface area contributed by atoms with Crippen molar-refractivity contribution >= 4 is 23.5 Å². The molecule has 0 aromatic rings. The third kappa shape index (κ3) is 5.92. The van der Waals surface area contributed by atoms with Crippen LogP contribution in [0.4, 0.5) is 4.79 Å². The molecular weight excluding hydrogens is 454 g/mol. The fourth-order valence-corrected chi connectivity index (χ4v) is 4.68. The molecule has 0 aliphatic carbocycles. The number of amides is 3. The highest BCUT2D eigenvalue weighted by Gasteiger charge is 2.48. The van der Waals surface area contributed by atoms with E-state index in [2.05, 4.69) is 43.6 Å². The third-order valence-corrected chi connectivity index (χ3v) is 9.33. The first-order valence-electron chi connectivity index (χ1n) is 12.7. The number of hydrogen-bond donors (Lipinski definition) is 3. The van der Waals surface area contributed by atoms with Gasteiger partial charge in [-0.2, -0.15) is 0 Å². The summed E-state index contributed by atoms with van der Waals surface area (Å²) >= 11 is 0. The Labute approximate surface area is 218 Å². The maximum Gasteiger partial charge on any atom is 0.315 e. The van der Waals surface area contributed by atoms with E-state index in [1.54, 1.807) is 20.8 Å². The molecule has 0 saturated heterocycles. The zero-order chi connectivity index (χ0) is 28.7. The van der Waals surface area contributed by atoms with Gasteiger partial charge in [0.05, 0.1) is 16.5 Å². The summed E-state index contributed by atoms with van der Waals surface area (Å²) in [5.74, 6) is -0.474. The molecule has 1 aliphatic heterocycles. The van der Waals surface area contributed by atoms with Gasteiger partial charge < -0.3 is 16.0 Å². The van der Waals surface area contributed by atoms with Crippen molar-refractivity contribution in [3.63, 3.8) is 0 Å². The lowest BCUT2D eigenvalue weighted by atomic mass is 9.58. The highest BCUT2D eigenvalue weighted by atomic mass is 16.2. The molecular formula is C29H49N3O4. The van der Waals surface area contributed by atoms with E-state index in [0.717, 1.165) is 16.7 Å². The average Bonchev–Trinajstić information content (AvgIpc) is 2.74. The monoisotopic (exact) mass is 503 g/mol. The van der Waals surface area contributed by atoms with Crippen LogP contribution in [0.25, 0.3) is 0 Å². The van der Waals surface area contributed by atoms with Gasteiger partial charge in [-0.05, 0) is 84.3 Å². The highest BCUT2D eigenvalue weighted by molar-refractivity contribution is 5.99. The normalized spacial score (nSPS) is 26.9. The molecule has 0 saturated carbocycles. The van der Waals surface area contributed by atoms with Gasteiger partial charge in [0.15, 0.2) is 11.6 Å². The predicted molar refractivity (Wildman–Crippen MR) is 146 cm³/mol. The van der Waals surface area contributed by atoms with Gasteiger partial charge in [0.25, 0.3) is 0 Å². The van der Waals surface area contributed by atoms with Gasteiger partial charge in [0.1, 0.15) is 0 Å². The van der Waals surface area contributed by atoms with Crippen molar-refractivity contribution in [1.29, 1.82) is 0 Å². The second kappa shape index (κ2) is 10.1. The van der Waals surface area contributed by atoms with E-state index in [9.17, 15) is 19.2 Å². The molecule has 0 aromatic carbocycles. The summed E-state index contributed by atoms with van der Waals surface area (Å²) < 4.78 is 0. The summed E-state index contributed by atoms with van der Waals surface area (Å²) in [6.07, 6.45) is 0.267. The molecule has 36 heavy (non-hydrogen) atoms. The van der Waals surface area contributed by atoms with Crippen molar-refractivity contribution in [2.45, 2.75) is 114 Å². The number of nitrogens with one attached hydrogen (secondary N) is 3. The van der Waals surface area contributed by atoms with E-state index >= 15 is 0 Å². The molecule has 0 unspecified atom stereocenters. The molecule has 3 amide bonds. The van der Waals surface area contributed by atoms with Gasteiger partial charge in [-0.3, -0.25) is 14.4 Å². The molecule has 1 rings (SSSR count). The van der Waals surface area contributed by atoms with Crippen LogP contribution < -0.4 is 16.0 Å².